The number of nitrogens with one attached hydrogen (secondary N) is 2. The van der Waals surface area contributed by atoms with Crippen molar-refractivity contribution >= 4 is 38.5 Å². The molecule has 0 unspecified atom stereocenters. The van der Waals surface area contributed by atoms with Crippen LogP contribution in [0.3, 0.4) is 0 Å². The van der Waals surface area contributed by atoms with Crippen LogP contribution in [0, 0.1) is 0 Å². The molecule has 0 bridgehead atoms. The third kappa shape index (κ3) is 3.38. The Morgan fingerprint density at radius 2 is 2.18 bits per heavy atom. The molecule has 0 saturated carbocycles. The maximum absolute atomic E-state index is 11.5. The minimum atomic E-state index is -3.43. The number of amidine groups is 1. The van der Waals surface area contributed by atoms with E-state index in [-0.39, 0.29) is 28.6 Å². The molecular weight excluding hydrogens is 370 g/mol. The highest BCUT2D eigenvalue weighted by molar-refractivity contribution is 8.93. The minimum absolute atomic E-state index is 0. The molecule has 1 aliphatic carbocycles. The third-order valence-corrected chi connectivity index (χ3v) is 4.51. The fourth-order valence-corrected chi connectivity index (χ4v) is 3.72. The Morgan fingerprint density at radius 3 is 2.82 bits per heavy atom. The quantitative estimate of drug-likeness (QED) is 0.686. The molecule has 2 aliphatic rings. The van der Waals surface area contributed by atoms with Gasteiger partial charge in [0, 0.05) is 12.5 Å². The van der Waals surface area contributed by atoms with Gasteiger partial charge in [0.1, 0.15) is 11.6 Å². The van der Waals surface area contributed by atoms with Crippen LogP contribution in [0.2, 0.25) is 0 Å². The molecule has 0 radical (unpaired) electrons. The summed E-state index contributed by atoms with van der Waals surface area (Å²) in [5.41, 5.74) is 2.25. The van der Waals surface area contributed by atoms with Gasteiger partial charge in [-0.15, -0.1) is 17.0 Å². The fraction of sp³-hybridized carbons (Fsp3) is 0.500. The number of hydrogen-bond donors (Lipinski definition) is 3. The van der Waals surface area contributed by atoms with E-state index in [4.69, 9.17) is 0 Å². The van der Waals surface area contributed by atoms with Crippen molar-refractivity contribution in [3.63, 3.8) is 0 Å². The standard InChI is InChI=1S/C14H19N3O3S.BrH/c1-21(19,20)17-13-10-3-2-4-11(14-15-7-8-16-14)9(10)5-6-12(13)18;/h5-6,11,17-18H,2-4,7-8H2,1H3,(H,15,16);1H/t11-;/m0./s1. The molecule has 1 atom stereocenters. The summed E-state index contributed by atoms with van der Waals surface area (Å²) in [5, 5.41) is 13.3. The third-order valence-electron chi connectivity index (χ3n) is 3.94. The predicted octanol–water partition coefficient (Wildman–Crippen LogP) is 1.76. The first kappa shape index (κ1) is 17.1. The second-order valence-electron chi connectivity index (χ2n) is 5.54. The Morgan fingerprint density at radius 1 is 1.41 bits per heavy atom. The summed E-state index contributed by atoms with van der Waals surface area (Å²) in [6.45, 7) is 1.64. The lowest BCUT2D eigenvalue weighted by Gasteiger charge is -2.28. The molecule has 8 heteroatoms. The lowest BCUT2D eigenvalue weighted by atomic mass is 9.81. The number of anilines is 1. The molecule has 0 amide bonds. The van der Waals surface area contributed by atoms with E-state index in [1.807, 2.05) is 6.07 Å². The van der Waals surface area contributed by atoms with Gasteiger partial charge in [0.25, 0.3) is 0 Å². The molecule has 122 valence electrons. The van der Waals surface area contributed by atoms with Crippen molar-refractivity contribution in [1.29, 1.82) is 0 Å². The van der Waals surface area contributed by atoms with Crippen LogP contribution >= 0.6 is 17.0 Å². The summed E-state index contributed by atoms with van der Waals surface area (Å²) < 4.78 is 25.5. The molecular formula is C14H20BrN3O3S. The van der Waals surface area contributed by atoms with E-state index in [0.29, 0.717) is 5.69 Å². The molecule has 3 rings (SSSR count). The van der Waals surface area contributed by atoms with Gasteiger partial charge in [0.05, 0.1) is 18.5 Å². The molecule has 22 heavy (non-hydrogen) atoms. The first-order valence-corrected chi connectivity index (χ1v) is 8.95. The lowest BCUT2D eigenvalue weighted by Crippen LogP contribution is -2.28. The Kier molecular flexibility index (Phi) is 5.01. The van der Waals surface area contributed by atoms with Crippen molar-refractivity contribution in [2.75, 3.05) is 24.1 Å². The average molecular weight is 390 g/mol. The number of phenols is 1. The van der Waals surface area contributed by atoms with Gasteiger partial charge in [0.15, 0.2) is 0 Å². The summed E-state index contributed by atoms with van der Waals surface area (Å²) in [6, 6.07) is 3.44. The van der Waals surface area contributed by atoms with Gasteiger partial charge in [-0.05, 0) is 36.5 Å². The number of fused-ring (bicyclic) bond motifs is 1. The summed E-state index contributed by atoms with van der Waals surface area (Å²) >= 11 is 0. The second-order valence-corrected chi connectivity index (χ2v) is 7.29. The van der Waals surface area contributed by atoms with E-state index in [2.05, 4.69) is 15.0 Å². The number of benzene rings is 1. The number of aromatic hydroxyl groups is 1. The molecule has 1 aliphatic heterocycles. The van der Waals surface area contributed by atoms with Gasteiger partial charge in [-0.1, -0.05) is 6.07 Å². The van der Waals surface area contributed by atoms with Gasteiger partial charge < -0.3 is 10.4 Å². The highest BCUT2D eigenvalue weighted by Gasteiger charge is 2.29. The minimum Gasteiger partial charge on any atom is -0.506 e. The van der Waals surface area contributed by atoms with Gasteiger partial charge in [0.2, 0.25) is 10.0 Å². The number of rotatable bonds is 3. The van der Waals surface area contributed by atoms with Crippen LogP contribution in [0.25, 0.3) is 0 Å². The highest BCUT2D eigenvalue weighted by Crippen LogP contribution is 2.40. The number of phenolic OH excluding ortho intramolecular Hbond substituents is 1. The molecule has 1 aromatic rings. The van der Waals surface area contributed by atoms with Crippen LogP contribution in [0.1, 0.15) is 29.9 Å². The smallest absolute Gasteiger partial charge is 0.229 e. The molecule has 1 aromatic carbocycles. The van der Waals surface area contributed by atoms with Gasteiger partial charge in [-0.2, -0.15) is 0 Å². The van der Waals surface area contributed by atoms with Crippen molar-refractivity contribution in [3.8, 4) is 5.75 Å². The number of hydrogen-bond acceptors (Lipinski definition) is 5. The van der Waals surface area contributed by atoms with Crippen LogP contribution in [0.15, 0.2) is 17.1 Å². The zero-order valence-electron chi connectivity index (χ0n) is 12.3. The van der Waals surface area contributed by atoms with Crippen LogP contribution < -0.4 is 10.0 Å². The summed E-state index contributed by atoms with van der Waals surface area (Å²) in [6.07, 6.45) is 3.78. The summed E-state index contributed by atoms with van der Waals surface area (Å²) in [4.78, 5) is 4.49. The van der Waals surface area contributed by atoms with Gasteiger partial charge >= 0.3 is 0 Å². The topological polar surface area (TPSA) is 90.8 Å². The maximum Gasteiger partial charge on any atom is 0.229 e. The molecule has 3 N–H and O–H groups in total. The van der Waals surface area contributed by atoms with Crippen molar-refractivity contribution in [2.24, 2.45) is 4.99 Å². The molecule has 0 saturated heterocycles. The van der Waals surface area contributed by atoms with E-state index in [9.17, 15) is 13.5 Å². The largest absolute Gasteiger partial charge is 0.506 e. The van der Waals surface area contributed by atoms with Crippen LogP contribution in [0.4, 0.5) is 5.69 Å². The van der Waals surface area contributed by atoms with Crippen LogP contribution in [0.5, 0.6) is 5.75 Å². The Hall–Kier alpha value is -1.28. The molecule has 0 aromatic heterocycles. The van der Waals surface area contributed by atoms with Gasteiger partial charge in [-0.25, -0.2) is 8.42 Å². The van der Waals surface area contributed by atoms with E-state index < -0.39 is 10.0 Å². The first-order chi connectivity index (χ1) is 9.96. The first-order valence-electron chi connectivity index (χ1n) is 7.06. The molecule has 6 nitrogen and oxygen atoms in total. The Bertz CT molecular complexity index is 704. The molecule has 0 spiro atoms. The predicted molar refractivity (Wildman–Crippen MR) is 92.9 cm³/mol. The number of halogens is 1. The zero-order valence-corrected chi connectivity index (χ0v) is 14.8. The lowest BCUT2D eigenvalue weighted by molar-refractivity contribution is 0.475. The maximum atomic E-state index is 11.5. The van der Waals surface area contributed by atoms with E-state index in [1.54, 1.807) is 6.07 Å². The Labute approximate surface area is 140 Å². The van der Waals surface area contributed by atoms with E-state index in [0.717, 1.165) is 55.6 Å². The second kappa shape index (κ2) is 6.45. The monoisotopic (exact) mass is 389 g/mol. The van der Waals surface area contributed by atoms with Crippen LogP contribution in [-0.2, 0) is 16.4 Å². The normalized spacial score (nSPS) is 20.4. The SMILES string of the molecule is Br.CS(=O)(=O)Nc1c(O)ccc2c1CCC[C@@H]2C1=NCCN1. The Balaban J connectivity index is 0.00000176. The molecule has 0 fully saturated rings. The zero-order chi connectivity index (χ0) is 15.0. The van der Waals surface area contributed by atoms with Crippen molar-refractivity contribution in [1.82, 2.24) is 5.32 Å². The molecule has 1 heterocycles. The van der Waals surface area contributed by atoms with Crippen LogP contribution in [-0.4, -0.2) is 38.7 Å². The number of nitrogens with zero attached hydrogens (tertiary/aromatic N) is 1. The number of sulfonamides is 1. The van der Waals surface area contributed by atoms with Crippen molar-refractivity contribution < 1.29 is 13.5 Å². The van der Waals surface area contributed by atoms with E-state index in [1.165, 1.54) is 0 Å². The summed E-state index contributed by atoms with van der Waals surface area (Å²) in [7, 11) is -3.43. The average Bonchev–Trinajstić information content (AvgIpc) is 2.94. The van der Waals surface area contributed by atoms with Crippen molar-refractivity contribution in [3.05, 3.63) is 23.3 Å². The number of aliphatic imine (C=N–C) groups is 1. The van der Waals surface area contributed by atoms with Gasteiger partial charge in [-0.3, -0.25) is 9.71 Å². The fourth-order valence-electron chi connectivity index (χ4n) is 3.12. The van der Waals surface area contributed by atoms with Crippen molar-refractivity contribution in [2.45, 2.75) is 25.2 Å². The highest BCUT2D eigenvalue weighted by atomic mass is 79.9. The van der Waals surface area contributed by atoms with E-state index >= 15 is 0 Å². The summed E-state index contributed by atoms with van der Waals surface area (Å²) in [5.74, 6) is 1.12.